The van der Waals surface area contributed by atoms with E-state index in [9.17, 15) is 14.4 Å². The Balaban J connectivity index is 1.81. The fourth-order valence-corrected chi connectivity index (χ4v) is 7.29. The molecule has 0 aromatic heterocycles. The van der Waals surface area contributed by atoms with Gasteiger partial charge in [-0.1, -0.05) is 43.2 Å². The van der Waals surface area contributed by atoms with Crippen molar-refractivity contribution in [2.75, 3.05) is 62.3 Å². The number of carbonyl (C=O) groups is 3. The lowest BCUT2D eigenvalue weighted by Gasteiger charge is -2.28. The average molecular weight is 524 g/mol. The van der Waals surface area contributed by atoms with Crippen molar-refractivity contribution < 1.29 is 19.1 Å². The van der Waals surface area contributed by atoms with E-state index in [1.54, 1.807) is 4.90 Å². The van der Waals surface area contributed by atoms with Gasteiger partial charge >= 0.3 is 6.09 Å². The number of rotatable bonds is 8. The third kappa shape index (κ3) is 11.2. The van der Waals surface area contributed by atoms with Crippen LogP contribution in [0.2, 0.25) is 0 Å². The highest BCUT2D eigenvalue weighted by molar-refractivity contribution is 8.77. The smallest absolute Gasteiger partial charge is 0.410 e. The largest absolute Gasteiger partial charge is 0.444 e. The van der Waals surface area contributed by atoms with Crippen LogP contribution in [-0.2, 0) is 14.3 Å². The molecule has 2 aliphatic rings. The van der Waals surface area contributed by atoms with Gasteiger partial charge in [-0.05, 0) is 33.6 Å². The van der Waals surface area contributed by atoms with Gasteiger partial charge in [-0.3, -0.25) is 9.59 Å². The quantitative estimate of drug-likeness (QED) is 0.438. The van der Waals surface area contributed by atoms with E-state index in [2.05, 4.69) is 0 Å². The maximum absolute atomic E-state index is 12.7. The summed E-state index contributed by atoms with van der Waals surface area (Å²) in [7, 11) is 7.27. The second kappa shape index (κ2) is 14.8. The average Bonchev–Trinajstić information content (AvgIpc) is 3.16. The number of ether oxygens (including phenoxy) is 1. The van der Waals surface area contributed by atoms with Crippen LogP contribution in [-0.4, -0.2) is 100 Å². The molecule has 0 saturated carbocycles. The van der Waals surface area contributed by atoms with Gasteiger partial charge in [0.2, 0.25) is 11.8 Å². The molecule has 3 amide bonds. The third-order valence-corrected chi connectivity index (χ3v) is 9.67. The van der Waals surface area contributed by atoms with Gasteiger partial charge in [-0.25, -0.2) is 4.79 Å². The molecule has 2 rings (SSSR count). The van der Waals surface area contributed by atoms with Crippen LogP contribution in [0, 0.1) is 0 Å². The van der Waals surface area contributed by atoms with Gasteiger partial charge in [-0.2, -0.15) is 0 Å². The third-order valence-electron chi connectivity index (χ3n) is 4.94. The molecule has 0 spiro atoms. The lowest BCUT2D eigenvalue weighted by atomic mass is 10.2. The van der Waals surface area contributed by atoms with E-state index < -0.39 is 5.60 Å². The summed E-state index contributed by atoms with van der Waals surface area (Å²) in [6, 6.07) is 0. The van der Waals surface area contributed by atoms with Gasteiger partial charge in [0.25, 0.3) is 0 Å². The number of hydrogen-bond acceptors (Lipinski definition) is 8. The summed E-state index contributed by atoms with van der Waals surface area (Å²) >= 11 is 0. The number of hydrogen-bond donors (Lipinski definition) is 0. The molecule has 0 atom stereocenters. The van der Waals surface area contributed by atoms with Gasteiger partial charge in [0.15, 0.2) is 0 Å². The number of amides is 3. The summed E-state index contributed by atoms with van der Waals surface area (Å²) in [5, 5.41) is 0. The van der Waals surface area contributed by atoms with Crippen LogP contribution in [0.5, 0.6) is 0 Å². The lowest BCUT2D eigenvalue weighted by Crippen LogP contribution is -2.39. The van der Waals surface area contributed by atoms with Crippen LogP contribution in [0.25, 0.3) is 0 Å². The summed E-state index contributed by atoms with van der Waals surface area (Å²) < 4.78 is 5.57. The SMILES string of the molecule is CC(C)(C)OC(=O)N(CCCC(=O)N1CCSSCC1)CCCC(=O)N1CCSSCC1. The molecule has 0 aromatic carbocycles. The molecule has 0 radical (unpaired) electrons. The molecular weight excluding hydrogens is 487 g/mol. The number of carbonyl (C=O) groups excluding carboxylic acids is 3. The minimum absolute atomic E-state index is 0.157. The Labute approximate surface area is 208 Å². The summed E-state index contributed by atoms with van der Waals surface area (Å²) in [5.74, 6) is 4.16. The molecule has 0 aliphatic carbocycles. The molecule has 2 heterocycles. The van der Waals surface area contributed by atoms with Crippen molar-refractivity contribution in [1.29, 1.82) is 0 Å². The summed E-state index contributed by atoms with van der Waals surface area (Å²) in [6.45, 7) is 9.64. The van der Waals surface area contributed by atoms with Gasteiger partial charge < -0.3 is 19.4 Å². The predicted molar refractivity (Wildman–Crippen MR) is 139 cm³/mol. The Kier molecular flexibility index (Phi) is 12.9. The monoisotopic (exact) mass is 523 g/mol. The Hall–Kier alpha value is -0.390. The molecule has 2 saturated heterocycles. The predicted octanol–water partition coefficient (Wildman–Crippen LogP) is 4.23. The zero-order chi connectivity index (χ0) is 23.4. The first-order valence-corrected chi connectivity index (χ1v) is 16.3. The van der Waals surface area contributed by atoms with Crippen LogP contribution in [0.15, 0.2) is 0 Å². The van der Waals surface area contributed by atoms with Crippen molar-refractivity contribution in [3.8, 4) is 0 Å². The van der Waals surface area contributed by atoms with Gasteiger partial charge in [0, 0.05) is 75.1 Å². The van der Waals surface area contributed by atoms with E-state index >= 15 is 0 Å². The van der Waals surface area contributed by atoms with E-state index in [4.69, 9.17) is 4.74 Å². The first-order valence-electron chi connectivity index (χ1n) is 11.3. The summed E-state index contributed by atoms with van der Waals surface area (Å²) in [5.41, 5.74) is -0.580. The Morgan fingerprint density at radius 2 is 1.12 bits per heavy atom. The zero-order valence-electron chi connectivity index (χ0n) is 19.5. The normalized spacial score (nSPS) is 18.0. The maximum atomic E-state index is 12.7. The van der Waals surface area contributed by atoms with Crippen LogP contribution in [0.4, 0.5) is 4.79 Å². The maximum Gasteiger partial charge on any atom is 0.410 e. The minimum Gasteiger partial charge on any atom is -0.444 e. The van der Waals surface area contributed by atoms with Gasteiger partial charge in [-0.15, -0.1) is 0 Å². The summed E-state index contributed by atoms with van der Waals surface area (Å²) in [4.78, 5) is 43.3. The van der Waals surface area contributed by atoms with Crippen LogP contribution >= 0.6 is 43.2 Å². The Morgan fingerprint density at radius 3 is 1.47 bits per heavy atom. The second-order valence-corrected chi connectivity index (χ2v) is 14.1. The molecule has 32 heavy (non-hydrogen) atoms. The zero-order valence-corrected chi connectivity index (χ0v) is 22.8. The van der Waals surface area contributed by atoms with Gasteiger partial charge in [0.1, 0.15) is 5.60 Å². The fourth-order valence-electron chi connectivity index (χ4n) is 3.33. The van der Waals surface area contributed by atoms with Crippen molar-refractivity contribution in [1.82, 2.24) is 14.7 Å². The molecule has 2 aliphatic heterocycles. The molecule has 11 heteroatoms. The Bertz CT molecular complexity index is 564. The van der Waals surface area contributed by atoms with Crippen molar-refractivity contribution in [2.45, 2.75) is 52.1 Å². The van der Waals surface area contributed by atoms with Gasteiger partial charge in [0.05, 0.1) is 0 Å². The molecule has 0 unspecified atom stereocenters. The minimum atomic E-state index is -0.580. The van der Waals surface area contributed by atoms with E-state index in [1.807, 2.05) is 73.7 Å². The number of nitrogens with zero attached hydrogens (tertiary/aromatic N) is 3. The van der Waals surface area contributed by atoms with Crippen molar-refractivity contribution in [3.05, 3.63) is 0 Å². The van der Waals surface area contributed by atoms with Crippen LogP contribution in [0.1, 0.15) is 46.5 Å². The standard InChI is InChI=1S/C21H37N3O4S4/c1-21(2,3)28-20(27)24(8-4-6-18(25)22-10-14-29-30-15-11-22)9-5-7-19(26)23-12-16-31-32-17-13-23/h4-17H2,1-3H3. The highest BCUT2D eigenvalue weighted by Gasteiger charge is 2.24. The molecular formula is C21H37N3O4S4. The van der Waals surface area contributed by atoms with E-state index in [0.29, 0.717) is 38.8 Å². The van der Waals surface area contributed by atoms with Crippen molar-refractivity contribution >= 4 is 61.1 Å². The molecule has 0 bridgehead atoms. The van der Waals surface area contributed by atoms with Crippen LogP contribution < -0.4 is 0 Å². The van der Waals surface area contributed by atoms with Crippen molar-refractivity contribution in [2.24, 2.45) is 0 Å². The molecule has 0 aromatic rings. The Morgan fingerprint density at radius 1 is 0.750 bits per heavy atom. The van der Waals surface area contributed by atoms with E-state index in [-0.39, 0.29) is 17.9 Å². The van der Waals surface area contributed by atoms with E-state index in [1.165, 1.54) is 0 Å². The molecule has 2 fully saturated rings. The topological polar surface area (TPSA) is 70.2 Å². The lowest BCUT2D eigenvalue weighted by molar-refractivity contribution is -0.131. The first-order chi connectivity index (χ1) is 15.3. The molecule has 7 nitrogen and oxygen atoms in total. The summed E-state index contributed by atoms with van der Waals surface area (Å²) in [6.07, 6.45) is 1.68. The highest BCUT2D eigenvalue weighted by Crippen LogP contribution is 2.25. The molecule has 184 valence electrons. The first kappa shape index (κ1) is 27.9. The van der Waals surface area contributed by atoms with Crippen LogP contribution in [0.3, 0.4) is 0 Å². The second-order valence-electron chi connectivity index (χ2n) is 8.72. The van der Waals surface area contributed by atoms with E-state index in [0.717, 1.165) is 49.2 Å². The van der Waals surface area contributed by atoms with Crippen molar-refractivity contribution in [3.63, 3.8) is 0 Å². The molecule has 0 N–H and O–H groups in total. The highest BCUT2D eigenvalue weighted by atomic mass is 33.1. The fraction of sp³-hybridized carbons (Fsp3) is 0.857.